The van der Waals surface area contributed by atoms with E-state index >= 15 is 0 Å². The normalized spacial score (nSPS) is 12.0. The number of para-hydroxylation sites is 2. The van der Waals surface area contributed by atoms with E-state index in [0.29, 0.717) is 28.5 Å². The van der Waals surface area contributed by atoms with Gasteiger partial charge in [-0.3, -0.25) is 20.4 Å². The summed E-state index contributed by atoms with van der Waals surface area (Å²) in [5.74, 6) is 1.06. The van der Waals surface area contributed by atoms with E-state index < -0.39 is 15.9 Å². The van der Waals surface area contributed by atoms with Gasteiger partial charge in [0, 0.05) is 11.1 Å². The highest BCUT2D eigenvalue weighted by atomic mass is 32.2. The minimum atomic E-state index is -3.96. The molecule has 0 unspecified atom stereocenters. The molecule has 0 atom stereocenters. The maximum Gasteiger partial charge on any atom is 0.269 e. The molecule has 4 rings (SSSR count). The van der Waals surface area contributed by atoms with E-state index in [2.05, 4.69) is 22.2 Å². The minimum Gasteiger partial charge on any atom is -0.495 e. The van der Waals surface area contributed by atoms with Gasteiger partial charge in [-0.25, -0.2) is 8.42 Å². The number of hydrazine groups is 1. The Morgan fingerprint density at radius 1 is 0.939 bits per heavy atom. The van der Waals surface area contributed by atoms with Crippen LogP contribution in [0.1, 0.15) is 15.9 Å². The maximum atomic E-state index is 12.8. The van der Waals surface area contributed by atoms with Crippen LogP contribution >= 0.6 is 0 Å². The highest BCUT2D eigenvalue weighted by molar-refractivity contribution is 7.92. The first-order valence-electron chi connectivity index (χ1n) is 9.78. The Bertz CT molecular complexity index is 1320. The van der Waals surface area contributed by atoms with E-state index in [4.69, 9.17) is 14.2 Å². The Labute approximate surface area is 191 Å². The zero-order valence-electron chi connectivity index (χ0n) is 17.6. The predicted octanol–water partition coefficient (Wildman–Crippen LogP) is 3.13. The van der Waals surface area contributed by atoms with Crippen LogP contribution < -0.4 is 29.8 Å². The number of sulfonamides is 1. The Balaban J connectivity index is 1.44. The number of fused-ring (bicyclic) bond motifs is 1. The average Bonchev–Trinajstić information content (AvgIpc) is 3.30. The van der Waals surface area contributed by atoms with E-state index in [9.17, 15) is 13.2 Å². The Morgan fingerprint density at radius 3 is 2.55 bits per heavy atom. The van der Waals surface area contributed by atoms with Crippen molar-refractivity contribution in [1.29, 1.82) is 0 Å². The number of anilines is 1. The molecule has 0 aliphatic carbocycles. The van der Waals surface area contributed by atoms with Crippen LogP contribution in [0, 0.1) is 0 Å². The highest BCUT2D eigenvalue weighted by Gasteiger charge is 2.19. The van der Waals surface area contributed by atoms with Crippen molar-refractivity contribution in [2.45, 2.75) is 4.90 Å². The zero-order valence-corrected chi connectivity index (χ0v) is 18.4. The number of methoxy groups -OCH3 is 1. The number of carbonyl (C=O) groups excluding carboxylic acids is 1. The summed E-state index contributed by atoms with van der Waals surface area (Å²) in [6.45, 7) is 4.05. The molecule has 0 spiro atoms. The van der Waals surface area contributed by atoms with Crippen LogP contribution in [0.3, 0.4) is 0 Å². The standard InChI is InChI=1S/C23H21N3O6S/c1-15(16-10-11-21-22(13-16)32-14-31-21)24-25-23(27)17-6-5-7-18(12-17)33(28,29)26-19-8-3-4-9-20(19)30-2/h3-13,24,26H,1,14H2,2H3,(H,25,27). The summed E-state index contributed by atoms with van der Waals surface area (Å²) in [6.07, 6.45) is 0. The lowest BCUT2D eigenvalue weighted by Crippen LogP contribution is -2.35. The molecular weight excluding hydrogens is 446 g/mol. The van der Waals surface area contributed by atoms with Crippen molar-refractivity contribution in [3.05, 3.63) is 84.4 Å². The van der Waals surface area contributed by atoms with Crippen LogP contribution in [0.2, 0.25) is 0 Å². The first kappa shape index (κ1) is 22.0. The number of nitrogens with one attached hydrogen (secondary N) is 3. The van der Waals surface area contributed by atoms with Crippen LogP contribution in [0.5, 0.6) is 17.2 Å². The monoisotopic (exact) mass is 467 g/mol. The average molecular weight is 468 g/mol. The second-order valence-electron chi connectivity index (χ2n) is 6.96. The lowest BCUT2D eigenvalue weighted by atomic mass is 10.1. The highest BCUT2D eigenvalue weighted by Crippen LogP contribution is 2.33. The minimum absolute atomic E-state index is 0.0735. The van der Waals surface area contributed by atoms with Crippen molar-refractivity contribution >= 4 is 27.3 Å². The summed E-state index contributed by atoms with van der Waals surface area (Å²) in [6, 6.07) is 17.5. The molecule has 0 bridgehead atoms. The third-order valence-electron chi connectivity index (χ3n) is 4.81. The SMILES string of the molecule is C=C(NNC(=O)c1cccc(S(=O)(=O)Nc2ccccc2OC)c1)c1ccc2c(c1)OCO2. The third-order valence-corrected chi connectivity index (χ3v) is 6.17. The molecule has 0 fully saturated rings. The Morgan fingerprint density at radius 2 is 1.73 bits per heavy atom. The van der Waals surface area contributed by atoms with Crippen molar-refractivity contribution < 1.29 is 27.4 Å². The van der Waals surface area contributed by atoms with Crippen LogP contribution in [0.15, 0.2) is 78.2 Å². The molecule has 0 aromatic heterocycles. The van der Waals surface area contributed by atoms with E-state index in [0.717, 1.165) is 0 Å². The van der Waals surface area contributed by atoms with Crippen molar-refractivity contribution in [2.75, 3.05) is 18.6 Å². The first-order valence-corrected chi connectivity index (χ1v) is 11.3. The summed E-state index contributed by atoms with van der Waals surface area (Å²) in [4.78, 5) is 12.5. The molecule has 3 N–H and O–H groups in total. The molecule has 1 aliphatic heterocycles. The number of rotatable bonds is 8. The molecule has 33 heavy (non-hydrogen) atoms. The second-order valence-corrected chi connectivity index (χ2v) is 8.64. The molecule has 0 saturated heterocycles. The van der Waals surface area contributed by atoms with Crippen LogP contribution in [0.4, 0.5) is 5.69 Å². The van der Waals surface area contributed by atoms with Crippen molar-refractivity contribution in [1.82, 2.24) is 10.9 Å². The van der Waals surface area contributed by atoms with Gasteiger partial charge in [0.2, 0.25) is 6.79 Å². The summed E-state index contributed by atoms with van der Waals surface area (Å²) < 4.78 is 43.9. The summed E-state index contributed by atoms with van der Waals surface area (Å²) in [5.41, 5.74) is 6.79. The molecular formula is C23H21N3O6S. The van der Waals surface area contributed by atoms with E-state index in [-0.39, 0.29) is 22.9 Å². The number of ether oxygens (including phenoxy) is 3. The zero-order chi connectivity index (χ0) is 23.4. The fourth-order valence-electron chi connectivity index (χ4n) is 3.10. The molecule has 10 heteroatoms. The van der Waals surface area contributed by atoms with Gasteiger partial charge in [0.15, 0.2) is 11.5 Å². The number of amides is 1. The molecule has 1 heterocycles. The summed E-state index contributed by atoms with van der Waals surface area (Å²) >= 11 is 0. The number of hydrogen-bond donors (Lipinski definition) is 3. The number of carbonyl (C=O) groups is 1. The Kier molecular flexibility index (Phi) is 6.09. The molecule has 0 saturated carbocycles. The smallest absolute Gasteiger partial charge is 0.269 e. The van der Waals surface area contributed by atoms with Crippen molar-refractivity contribution in [3.8, 4) is 17.2 Å². The van der Waals surface area contributed by atoms with Gasteiger partial charge < -0.3 is 14.2 Å². The predicted molar refractivity (Wildman–Crippen MR) is 122 cm³/mol. The Hall–Kier alpha value is -4.18. The van der Waals surface area contributed by atoms with Gasteiger partial charge in [-0.1, -0.05) is 24.8 Å². The fourth-order valence-corrected chi connectivity index (χ4v) is 4.21. The van der Waals surface area contributed by atoms with Gasteiger partial charge in [-0.2, -0.15) is 0 Å². The molecule has 0 radical (unpaired) electrons. The van der Waals surface area contributed by atoms with Crippen molar-refractivity contribution in [3.63, 3.8) is 0 Å². The lowest BCUT2D eigenvalue weighted by molar-refractivity contribution is 0.0942. The van der Waals surface area contributed by atoms with E-state index in [1.807, 2.05) is 0 Å². The quantitative estimate of drug-likeness (QED) is 0.436. The molecule has 1 amide bonds. The molecule has 1 aliphatic rings. The molecule has 170 valence electrons. The van der Waals surface area contributed by atoms with Gasteiger partial charge in [-0.15, -0.1) is 0 Å². The second kappa shape index (κ2) is 9.13. The summed E-state index contributed by atoms with van der Waals surface area (Å²) in [7, 11) is -2.51. The van der Waals surface area contributed by atoms with Gasteiger partial charge in [0.25, 0.3) is 15.9 Å². The van der Waals surface area contributed by atoms with Crippen LogP contribution in [-0.2, 0) is 10.0 Å². The topological polar surface area (TPSA) is 115 Å². The van der Waals surface area contributed by atoms with Gasteiger partial charge >= 0.3 is 0 Å². The van der Waals surface area contributed by atoms with Gasteiger partial charge in [-0.05, 0) is 48.5 Å². The molecule has 9 nitrogen and oxygen atoms in total. The van der Waals surface area contributed by atoms with Crippen molar-refractivity contribution in [2.24, 2.45) is 0 Å². The maximum absolute atomic E-state index is 12.8. The molecule has 3 aromatic rings. The van der Waals surface area contributed by atoms with E-state index in [1.54, 1.807) is 42.5 Å². The number of benzene rings is 3. The lowest BCUT2D eigenvalue weighted by Gasteiger charge is -2.13. The largest absolute Gasteiger partial charge is 0.495 e. The van der Waals surface area contributed by atoms with Gasteiger partial charge in [0.1, 0.15) is 5.75 Å². The fraction of sp³-hybridized carbons (Fsp3) is 0.0870. The number of hydrogen-bond acceptors (Lipinski definition) is 7. The van der Waals surface area contributed by atoms with Gasteiger partial charge in [0.05, 0.1) is 23.4 Å². The van der Waals surface area contributed by atoms with Crippen LogP contribution in [-0.4, -0.2) is 28.2 Å². The van der Waals surface area contributed by atoms with E-state index in [1.165, 1.54) is 31.4 Å². The molecule has 3 aromatic carbocycles. The van der Waals surface area contributed by atoms with Crippen LogP contribution in [0.25, 0.3) is 5.70 Å². The third kappa shape index (κ3) is 4.85. The summed E-state index contributed by atoms with van der Waals surface area (Å²) in [5, 5.41) is 0. The first-order chi connectivity index (χ1) is 15.9.